The summed E-state index contributed by atoms with van der Waals surface area (Å²) in [5.41, 5.74) is 2.11. The molecule has 1 fully saturated rings. The minimum atomic E-state index is -0.108. The molecule has 3 heterocycles. The lowest BCUT2D eigenvalue weighted by molar-refractivity contribution is -0.144. The summed E-state index contributed by atoms with van der Waals surface area (Å²) >= 11 is 0. The van der Waals surface area contributed by atoms with Crippen molar-refractivity contribution in [2.24, 2.45) is 5.92 Å². The van der Waals surface area contributed by atoms with Crippen molar-refractivity contribution in [1.82, 2.24) is 4.98 Å². The molecule has 2 aromatic heterocycles. The van der Waals surface area contributed by atoms with Crippen LogP contribution in [-0.2, 0) is 16.1 Å². The molecule has 1 aromatic carbocycles. The van der Waals surface area contributed by atoms with E-state index in [2.05, 4.69) is 16.0 Å². The number of nitriles is 1. The molecule has 160 valence electrons. The zero-order chi connectivity index (χ0) is 21.6. The highest BCUT2D eigenvalue weighted by Crippen LogP contribution is 2.27. The summed E-state index contributed by atoms with van der Waals surface area (Å²) in [5, 5.41) is 10.0. The predicted octanol–water partition coefficient (Wildman–Crippen LogP) is 4.45. The molecule has 31 heavy (non-hydrogen) atoms. The van der Waals surface area contributed by atoms with Gasteiger partial charge in [-0.2, -0.15) is 10.2 Å². The number of furan rings is 1. The van der Waals surface area contributed by atoms with Crippen LogP contribution >= 0.6 is 0 Å². The molecule has 0 aliphatic carbocycles. The molecule has 7 heteroatoms. The van der Waals surface area contributed by atoms with Gasteiger partial charge >= 0.3 is 5.97 Å². The van der Waals surface area contributed by atoms with Crippen molar-refractivity contribution in [2.75, 3.05) is 24.6 Å². The molecule has 0 saturated carbocycles. The van der Waals surface area contributed by atoms with Gasteiger partial charge in [-0.3, -0.25) is 4.79 Å². The van der Waals surface area contributed by atoms with Gasteiger partial charge < -0.3 is 18.8 Å². The number of carbonyl (C=O) groups excluding carboxylic acids is 1. The average Bonchev–Trinajstić information content (AvgIpc) is 3.29. The molecule has 0 atom stereocenters. The van der Waals surface area contributed by atoms with Gasteiger partial charge in [0.1, 0.15) is 18.0 Å². The van der Waals surface area contributed by atoms with Gasteiger partial charge in [-0.25, -0.2) is 0 Å². The van der Waals surface area contributed by atoms with Crippen LogP contribution in [0, 0.1) is 17.2 Å². The van der Waals surface area contributed by atoms with Gasteiger partial charge in [0.2, 0.25) is 5.88 Å². The molecule has 1 saturated heterocycles. The van der Waals surface area contributed by atoms with Gasteiger partial charge in [-0.15, -0.1) is 0 Å². The molecule has 0 bridgehead atoms. The van der Waals surface area contributed by atoms with E-state index in [1.165, 1.54) is 0 Å². The van der Waals surface area contributed by atoms with Crippen molar-refractivity contribution < 1.29 is 18.7 Å². The van der Waals surface area contributed by atoms with Crippen LogP contribution in [-0.4, -0.2) is 30.6 Å². The third-order valence-corrected chi connectivity index (χ3v) is 5.60. The second-order valence-corrected chi connectivity index (χ2v) is 7.61. The number of ether oxygens (including phenoxy) is 2. The van der Waals surface area contributed by atoms with E-state index in [4.69, 9.17) is 13.9 Å². The van der Waals surface area contributed by atoms with E-state index >= 15 is 0 Å². The molecule has 1 aliphatic rings. The Kier molecular flexibility index (Phi) is 6.37. The molecule has 0 amide bonds. The largest absolute Gasteiger partial charge is 0.473 e. The fraction of sp³-hybridized carbons (Fsp3) is 0.375. The number of benzene rings is 1. The van der Waals surface area contributed by atoms with Crippen LogP contribution < -0.4 is 9.64 Å². The number of rotatable bonds is 7. The Morgan fingerprint density at radius 2 is 2.10 bits per heavy atom. The molecule has 0 radical (unpaired) electrons. The summed E-state index contributed by atoms with van der Waals surface area (Å²) in [4.78, 5) is 18.6. The van der Waals surface area contributed by atoms with E-state index in [1.807, 2.05) is 31.2 Å². The van der Waals surface area contributed by atoms with Gasteiger partial charge in [-0.1, -0.05) is 12.1 Å². The lowest BCUT2D eigenvalue weighted by Gasteiger charge is -2.32. The topological polar surface area (TPSA) is 88.6 Å². The molecule has 4 rings (SSSR count). The average molecular weight is 419 g/mol. The van der Waals surface area contributed by atoms with E-state index in [0.717, 1.165) is 42.7 Å². The van der Waals surface area contributed by atoms with Gasteiger partial charge in [-0.05, 0) is 43.9 Å². The Bertz CT molecular complexity index is 1090. The Balaban J connectivity index is 1.37. The first-order chi connectivity index (χ1) is 15.2. The highest BCUT2D eigenvalue weighted by atomic mass is 16.5. The monoisotopic (exact) mass is 419 g/mol. The summed E-state index contributed by atoms with van der Waals surface area (Å²) in [6, 6.07) is 13.3. The third kappa shape index (κ3) is 4.80. The highest BCUT2D eigenvalue weighted by molar-refractivity contribution is 5.86. The quantitative estimate of drug-likeness (QED) is 0.523. The number of piperidine rings is 1. The van der Waals surface area contributed by atoms with Crippen molar-refractivity contribution in [3.63, 3.8) is 0 Å². The summed E-state index contributed by atoms with van der Waals surface area (Å²) in [6.07, 6.45) is 3.95. The van der Waals surface area contributed by atoms with Crippen molar-refractivity contribution in [3.8, 4) is 11.9 Å². The Labute approximate surface area is 181 Å². The Morgan fingerprint density at radius 1 is 1.26 bits per heavy atom. The first-order valence-corrected chi connectivity index (χ1v) is 10.6. The Hall–Kier alpha value is -3.53. The first-order valence-electron chi connectivity index (χ1n) is 10.6. The Morgan fingerprint density at radius 3 is 2.87 bits per heavy atom. The van der Waals surface area contributed by atoms with Gasteiger partial charge in [0.05, 0.1) is 24.5 Å². The van der Waals surface area contributed by atoms with Crippen LogP contribution in [0.25, 0.3) is 11.0 Å². The molecule has 1 aliphatic heterocycles. The summed E-state index contributed by atoms with van der Waals surface area (Å²) in [5.74, 6) is 1.66. The molecular formula is C24H25N3O4. The standard InChI is InChI=1S/C24H25N3O4/c1-2-29-23(28)14-17-8-11-27(12-9-17)21-4-3-5-22(26-21)31-16-19-7-6-18(15-25)20-10-13-30-24(19)20/h3-7,10,13,17H,2,8-9,11-12,14,16H2,1H3. The maximum atomic E-state index is 11.7. The number of nitrogens with zero attached hydrogens (tertiary/aromatic N) is 3. The van der Waals surface area contributed by atoms with Crippen LogP contribution in [0.15, 0.2) is 47.1 Å². The number of hydrogen-bond acceptors (Lipinski definition) is 7. The SMILES string of the molecule is CCOC(=O)CC1CCN(c2cccc(OCc3ccc(C#N)c4ccoc34)n2)CC1. The summed E-state index contributed by atoms with van der Waals surface area (Å²) < 4.78 is 16.6. The van der Waals surface area contributed by atoms with E-state index in [-0.39, 0.29) is 5.97 Å². The van der Waals surface area contributed by atoms with Crippen LogP contribution in [0.3, 0.4) is 0 Å². The van der Waals surface area contributed by atoms with E-state index in [9.17, 15) is 10.1 Å². The first kappa shape index (κ1) is 20.7. The minimum absolute atomic E-state index is 0.108. The number of fused-ring (bicyclic) bond motifs is 1. The number of esters is 1. The molecule has 0 N–H and O–H groups in total. The normalized spacial score (nSPS) is 14.4. The van der Waals surface area contributed by atoms with Crippen LogP contribution in [0.2, 0.25) is 0 Å². The predicted molar refractivity (Wildman–Crippen MR) is 116 cm³/mol. The second kappa shape index (κ2) is 9.52. The van der Waals surface area contributed by atoms with Gasteiger partial charge in [0.15, 0.2) is 0 Å². The van der Waals surface area contributed by atoms with E-state index in [1.54, 1.807) is 18.4 Å². The summed E-state index contributed by atoms with van der Waals surface area (Å²) in [7, 11) is 0. The van der Waals surface area contributed by atoms with Crippen molar-refractivity contribution in [1.29, 1.82) is 5.26 Å². The third-order valence-electron chi connectivity index (χ3n) is 5.60. The lowest BCUT2D eigenvalue weighted by atomic mass is 9.93. The van der Waals surface area contributed by atoms with Gasteiger partial charge in [0, 0.05) is 36.5 Å². The van der Waals surface area contributed by atoms with E-state index < -0.39 is 0 Å². The van der Waals surface area contributed by atoms with Gasteiger partial charge in [0.25, 0.3) is 0 Å². The van der Waals surface area contributed by atoms with E-state index in [0.29, 0.717) is 42.6 Å². The number of anilines is 1. The minimum Gasteiger partial charge on any atom is -0.473 e. The highest BCUT2D eigenvalue weighted by Gasteiger charge is 2.23. The molecule has 0 spiro atoms. The summed E-state index contributed by atoms with van der Waals surface area (Å²) in [6.45, 7) is 4.27. The zero-order valence-electron chi connectivity index (χ0n) is 17.5. The van der Waals surface area contributed by atoms with Crippen molar-refractivity contribution in [2.45, 2.75) is 32.8 Å². The van der Waals surface area contributed by atoms with Crippen LogP contribution in [0.5, 0.6) is 5.88 Å². The fourth-order valence-electron chi connectivity index (χ4n) is 3.96. The van der Waals surface area contributed by atoms with Crippen LogP contribution in [0.1, 0.15) is 37.3 Å². The molecular weight excluding hydrogens is 394 g/mol. The maximum absolute atomic E-state index is 11.7. The van der Waals surface area contributed by atoms with Crippen molar-refractivity contribution >= 4 is 22.8 Å². The molecule has 7 nitrogen and oxygen atoms in total. The zero-order valence-corrected chi connectivity index (χ0v) is 17.5. The fourth-order valence-corrected chi connectivity index (χ4v) is 3.96. The van der Waals surface area contributed by atoms with Crippen molar-refractivity contribution in [3.05, 3.63) is 53.8 Å². The molecule has 0 unspecified atom stereocenters. The smallest absolute Gasteiger partial charge is 0.306 e. The number of pyridine rings is 1. The second-order valence-electron chi connectivity index (χ2n) is 7.61. The van der Waals surface area contributed by atoms with Crippen LogP contribution in [0.4, 0.5) is 5.82 Å². The maximum Gasteiger partial charge on any atom is 0.306 e. The molecule has 3 aromatic rings. The number of carbonyl (C=O) groups is 1. The lowest BCUT2D eigenvalue weighted by Crippen LogP contribution is -2.35. The number of aromatic nitrogens is 1. The number of hydrogen-bond donors (Lipinski definition) is 0.